The van der Waals surface area contributed by atoms with E-state index in [-0.39, 0.29) is 30.3 Å². The van der Waals surface area contributed by atoms with Gasteiger partial charge in [0.15, 0.2) is 5.78 Å². The molecule has 0 radical (unpaired) electrons. The van der Waals surface area contributed by atoms with Crippen LogP contribution in [0.2, 0.25) is 0 Å². The van der Waals surface area contributed by atoms with Crippen molar-refractivity contribution in [2.75, 3.05) is 13.2 Å². The topological polar surface area (TPSA) is 88.8 Å². The van der Waals surface area contributed by atoms with Gasteiger partial charge in [-0.1, -0.05) is 43.2 Å². The number of fused-ring (bicyclic) bond motifs is 1. The van der Waals surface area contributed by atoms with Crippen LogP contribution in [-0.4, -0.2) is 53.8 Å². The van der Waals surface area contributed by atoms with Gasteiger partial charge in [-0.25, -0.2) is 0 Å². The van der Waals surface area contributed by atoms with Gasteiger partial charge in [0.25, 0.3) is 5.91 Å². The van der Waals surface area contributed by atoms with Crippen LogP contribution >= 0.6 is 0 Å². The Kier molecular flexibility index (Phi) is 5.14. The van der Waals surface area contributed by atoms with E-state index in [0.29, 0.717) is 42.4 Å². The molecule has 2 amide bonds. The summed E-state index contributed by atoms with van der Waals surface area (Å²) in [7, 11) is 0. The van der Waals surface area contributed by atoms with Gasteiger partial charge in [0, 0.05) is 12.1 Å². The van der Waals surface area contributed by atoms with E-state index < -0.39 is 12.1 Å². The second-order valence-electron chi connectivity index (χ2n) is 8.73. The van der Waals surface area contributed by atoms with E-state index in [1.807, 2.05) is 30.3 Å². The molecule has 3 fully saturated rings. The Morgan fingerprint density at radius 1 is 1.19 bits per heavy atom. The highest BCUT2D eigenvalue weighted by Crippen LogP contribution is 2.35. The lowest BCUT2D eigenvalue weighted by Gasteiger charge is -2.27. The van der Waals surface area contributed by atoms with Gasteiger partial charge in [-0.05, 0) is 31.7 Å². The van der Waals surface area contributed by atoms with Crippen molar-refractivity contribution in [1.29, 1.82) is 0 Å². The second kappa shape index (κ2) is 7.96. The second-order valence-corrected chi connectivity index (χ2v) is 8.73. The first-order valence-electron chi connectivity index (χ1n) is 10.9. The van der Waals surface area contributed by atoms with E-state index in [9.17, 15) is 14.4 Å². The minimum atomic E-state index is -0.651. The first-order chi connectivity index (χ1) is 15.0. The van der Waals surface area contributed by atoms with E-state index >= 15 is 0 Å². The monoisotopic (exact) mass is 422 g/mol. The van der Waals surface area contributed by atoms with Crippen molar-refractivity contribution in [1.82, 2.24) is 10.2 Å². The molecule has 5 rings (SSSR count). The summed E-state index contributed by atoms with van der Waals surface area (Å²) in [4.78, 5) is 40.3. The molecule has 162 valence electrons. The predicted molar refractivity (Wildman–Crippen MR) is 112 cm³/mol. The van der Waals surface area contributed by atoms with Crippen molar-refractivity contribution in [3.8, 4) is 11.3 Å². The standard InChI is InChI=1S/C24H26N2O5/c1-14-17(12-21(31-14)16-5-3-2-4-6-16)23(28)25-18(11-15-7-8-15)24(29)26-10-9-20-22(26)19(27)13-30-20/h2-6,12,15,18,20,22H,7-11,13H2,1H3,(H,25,28). The van der Waals surface area contributed by atoms with Crippen LogP contribution in [0.15, 0.2) is 40.8 Å². The van der Waals surface area contributed by atoms with Crippen molar-refractivity contribution in [2.24, 2.45) is 5.92 Å². The number of hydrogen-bond donors (Lipinski definition) is 1. The maximum Gasteiger partial charge on any atom is 0.255 e. The average Bonchev–Trinajstić information content (AvgIpc) is 3.18. The van der Waals surface area contributed by atoms with Gasteiger partial charge in [0.2, 0.25) is 5.91 Å². The Morgan fingerprint density at radius 2 is 1.97 bits per heavy atom. The molecule has 2 saturated heterocycles. The Hall–Kier alpha value is -2.93. The fraction of sp³-hybridized carbons (Fsp3) is 0.458. The highest BCUT2D eigenvalue weighted by Gasteiger charge is 2.48. The summed E-state index contributed by atoms with van der Waals surface area (Å²) < 4.78 is 11.3. The third-order valence-electron chi connectivity index (χ3n) is 6.49. The van der Waals surface area contributed by atoms with Gasteiger partial charge in [0.1, 0.15) is 30.2 Å². The van der Waals surface area contributed by atoms with Gasteiger partial charge >= 0.3 is 0 Å². The number of likely N-dealkylation sites (tertiary alicyclic amines) is 1. The molecule has 7 nitrogen and oxygen atoms in total. The number of amides is 2. The number of rotatable bonds is 6. The zero-order chi connectivity index (χ0) is 21.5. The zero-order valence-corrected chi connectivity index (χ0v) is 17.5. The van der Waals surface area contributed by atoms with Crippen LogP contribution in [0.3, 0.4) is 0 Å². The van der Waals surface area contributed by atoms with Crippen molar-refractivity contribution in [3.05, 3.63) is 47.7 Å². The normalized spacial score (nSPS) is 23.6. The third kappa shape index (κ3) is 3.90. The summed E-state index contributed by atoms with van der Waals surface area (Å²) in [6, 6.07) is 10.1. The van der Waals surface area contributed by atoms with Crippen LogP contribution in [0.5, 0.6) is 0 Å². The summed E-state index contributed by atoms with van der Waals surface area (Å²) in [6.45, 7) is 2.30. The number of carbonyl (C=O) groups excluding carboxylic acids is 3. The molecule has 7 heteroatoms. The molecular weight excluding hydrogens is 396 g/mol. The smallest absolute Gasteiger partial charge is 0.255 e. The molecule has 0 spiro atoms. The highest BCUT2D eigenvalue weighted by atomic mass is 16.5. The summed E-state index contributed by atoms with van der Waals surface area (Å²) >= 11 is 0. The molecule has 1 N–H and O–H groups in total. The number of furan rings is 1. The van der Waals surface area contributed by atoms with E-state index in [0.717, 1.165) is 18.4 Å². The molecule has 3 aliphatic rings. The van der Waals surface area contributed by atoms with Crippen molar-refractivity contribution >= 4 is 17.6 Å². The largest absolute Gasteiger partial charge is 0.461 e. The van der Waals surface area contributed by atoms with Crippen molar-refractivity contribution in [2.45, 2.75) is 50.8 Å². The first-order valence-corrected chi connectivity index (χ1v) is 10.9. The van der Waals surface area contributed by atoms with E-state index in [2.05, 4.69) is 5.32 Å². The van der Waals surface area contributed by atoms with E-state index in [4.69, 9.17) is 9.15 Å². The van der Waals surface area contributed by atoms with Crippen LogP contribution in [0.25, 0.3) is 11.3 Å². The van der Waals surface area contributed by atoms with Crippen LogP contribution in [0, 0.1) is 12.8 Å². The Labute approximate surface area is 180 Å². The summed E-state index contributed by atoms with van der Waals surface area (Å²) in [5, 5.41) is 2.94. The van der Waals surface area contributed by atoms with Crippen LogP contribution < -0.4 is 5.32 Å². The molecule has 1 aliphatic carbocycles. The molecule has 1 aromatic carbocycles. The van der Waals surface area contributed by atoms with Gasteiger partial charge in [0.05, 0.1) is 11.7 Å². The fourth-order valence-corrected chi connectivity index (χ4v) is 4.64. The number of nitrogens with one attached hydrogen (secondary N) is 1. The molecule has 3 heterocycles. The average molecular weight is 422 g/mol. The molecule has 3 atom stereocenters. The molecule has 0 bridgehead atoms. The molecule has 31 heavy (non-hydrogen) atoms. The van der Waals surface area contributed by atoms with Crippen LogP contribution in [0.1, 0.15) is 41.8 Å². The number of nitrogens with zero attached hydrogens (tertiary/aromatic N) is 1. The summed E-state index contributed by atoms with van der Waals surface area (Å²) in [5.41, 5.74) is 1.31. The lowest BCUT2D eigenvalue weighted by atomic mass is 10.1. The lowest BCUT2D eigenvalue weighted by molar-refractivity contribution is -0.138. The van der Waals surface area contributed by atoms with Gasteiger partial charge in [-0.15, -0.1) is 0 Å². The molecule has 2 aromatic rings. The van der Waals surface area contributed by atoms with E-state index in [1.165, 1.54) is 0 Å². The number of benzene rings is 1. The number of aryl methyl sites for hydroxylation is 1. The predicted octanol–water partition coefficient (Wildman–Crippen LogP) is 2.72. The Morgan fingerprint density at radius 3 is 2.71 bits per heavy atom. The summed E-state index contributed by atoms with van der Waals surface area (Å²) in [6.07, 6.45) is 3.18. The Bertz CT molecular complexity index is 1010. The maximum atomic E-state index is 13.4. The first kappa shape index (κ1) is 20.0. The number of hydrogen-bond acceptors (Lipinski definition) is 5. The van der Waals surface area contributed by atoms with Crippen molar-refractivity contribution < 1.29 is 23.5 Å². The van der Waals surface area contributed by atoms with Gasteiger partial charge in [-0.3, -0.25) is 14.4 Å². The van der Waals surface area contributed by atoms with Gasteiger partial charge in [-0.2, -0.15) is 0 Å². The SMILES string of the molecule is Cc1oc(-c2ccccc2)cc1C(=O)NC(CC1CC1)C(=O)N1CCC2OCC(=O)C21. The number of carbonyl (C=O) groups is 3. The van der Waals surface area contributed by atoms with Crippen molar-refractivity contribution in [3.63, 3.8) is 0 Å². The lowest BCUT2D eigenvalue weighted by Crippen LogP contribution is -2.52. The number of ether oxygens (including phenoxy) is 1. The summed E-state index contributed by atoms with van der Waals surface area (Å²) in [5.74, 6) is 1.00. The minimum absolute atomic E-state index is 0.0504. The number of Topliss-reactive ketones (excluding diaryl/α,β-unsaturated/α-hetero) is 1. The molecule has 1 aromatic heterocycles. The maximum absolute atomic E-state index is 13.4. The zero-order valence-electron chi connectivity index (χ0n) is 17.5. The molecule has 2 aliphatic heterocycles. The fourth-order valence-electron chi connectivity index (χ4n) is 4.64. The molecule has 1 saturated carbocycles. The number of ketones is 1. The molecule has 3 unspecified atom stereocenters. The van der Waals surface area contributed by atoms with Gasteiger partial charge < -0.3 is 19.4 Å². The molecular formula is C24H26N2O5. The Balaban J connectivity index is 1.34. The van der Waals surface area contributed by atoms with E-state index in [1.54, 1.807) is 17.9 Å². The van der Waals surface area contributed by atoms with Crippen LogP contribution in [0.4, 0.5) is 0 Å². The highest BCUT2D eigenvalue weighted by molar-refractivity contribution is 6.00. The minimum Gasteiger partial charge on any atom is -0.461 e. The third-order valence-corrected chi connectivity index (χ3v) is 6.49. The quantitative estimate of drug-likeness (QED) is 0.773. The van der Waals surface area contributed by atoms with Crippen LogP contribution in [-0.2, 0) is 14.3 Å².